The van der Waals surface area contributed by atoms with Gasteiger partial charge in [-0.25, -0.2) is 0 Å². The van der Waals surface area contributed by atoms with E-state index in [1.54, 1.807) is 0 Å². The summed E-state index contributed by atoms with van der Waals surface area (Å²) in [7, 11) is 0. The van der Waals surface area contributed by atoms with Gasteiger partial charge in [0.25, 0.3) is 0 Å². The maximum Gasteiger partial charge on any atom is 0.306 e. The van der Waals surface area contributed by atoms with Crippen LogP contribution in [0.15, 0.2) is 54.6 Å². The van der Waals surface area contributed by atoms with Gasteiger partial charge in [0, 0.05) is 18.2 Å². The summed E-state index contributed by atoms with van der Waals surface area (Å²) in [5.41, 5.74) is 1.21. The molecule has 0 unspecified atom stereocenters. The van der Waals surface area contributed by atoms with E-state index in [0.717, 1.165) is 31.0 Å². The summed E-state index contributed by atoms with van der Waals surface area (Å²) in [6, 6.07) is 19.4. The fourth-order valence-electron chi connectivity index (χ4n) is 4.60. The maximum atomic E-state index is 12.3. The third-order valence-corrected chi connectivity index (χ3v) is 6.95. The molecule has 4 aromatic carbocycles. The van der Waals surface area contributed by atoms with Crippen LogP contribution >= 0.6 is 15.9 Å². The van der Waals surface area contributed by atoms with E-state index in [4.69, 9.17) is 9.47 Å². The molecule has 5 nitrogen and oxygen atoms in total. The normalized spacial score (nSPS) is 12.4. The molecule has 0 aliphatic heterocycles. The molecule has 1 atom stereocenters. The lowest BCUT2D eigenvalue weighted by molar-refractivity contribution is -0.161. The van der Waals surface area contributed by atoms with E-state index in [2.05, 4.69) is 70.5 Å². The first-order chi connectivity index (χ1) is 17.1. The molecule has 1 N–H and O–H groups in total. The molecule has 0 aliphatic carbocycles. The smallest absolute Gasteiger partial charge is 0.306 e. The van der Waals surface area contributed by atoms with Gasteiger partial charge in [-0.3, -0.25) is 9.59 Å². The monoisotopic (exact) mass is 538 g/mol. The second kappa shape index (κ2) is 12.3. The van der Waals surface area contributed by atoms with Crippen LogP contribution in [0, 0.1) is 0 Å². The lowest BCUT2D eigenvalue weighted by Gasteiger charge is -2.16. The molecular weight excluding hydrogens is 508 g/mol. The summed E-state index contributed by atoms with van der Waals surface area (Å²) in [4.78, 5) is 24.2. The molecule has 0 aromatic heterocycles. The van der Waals surface area contributed by atoms with Gasteiger partial charge in [-0.2, -0.15) is 0 Å². The Hall–Kier alpha value is -2.70. The largest absolute Gasteiger partial charge is 0.462 e. The highest BCUT2D eigenvalue weighted by atomic mass is 79.9. The average molecular weight is 539 g/mol. The number of hydrogen-bond acceptors (Lipinski definition) is 5. The third kappa shape index (κ3) is 6.30. The second-order valence-corrected chi connectivity index (χ2v) is 9.70. The van der Waals surface area contributed by atoms with Crippen LogP contribution in [0.2, 0.25) is 0 Å². The molecule has 6 heteroatoms. The molecule has 4 rings (SSSR count). The number of halogens is 1. The Kier molecular flexibility index (Phi) is 8.94. The van der Waals surface area contributed by atoms with E-state index in [1.807, 2.05) is 0 Å². The number of hydrogen-bond donors (Lipinski definition) is 1. The molecular formula is C29H31BrO5. The Morgan fingerprint density at radius 2 is 1.49 bits per heavy atom. The molecule has 0 fully saturated rings. The number of alkyl halides is 1. The van der Waals surface area contributed by atoms with Gasteiger partial charge in [-0.05, 0) is 63.6 Å². The lowest BCUT2D eigenvalue weighted by Crippen LogP contribution is -2.28. The number of aryl methyl sites for hydroxylation is 1. The Morgan fingerprint density at radius 3 is 2.23 bits per heavy atom. The second-order valence-electron chi connectivity index (χ2n) is 8.91. The highest BCUT2D eigenvalue weighted by molar-refractivity contribution is 9.09. The Bertz CT molecular complexity index is 1270. The first-order valence-corrected chi connectivity index (χ1v) is 13.4. The van der Waals surface area contributed by atoms with Crippen molar-refractivity contribution < 1.29 is 24.2 Å². The zero-order valence-electron chi connectivity index (χ0n) is 19.8. The van der Waals surface area contributed by atoms with Crippen LogP contribution in [0.5, 0.6) is 0 Å². The zero-order valence-corrected chi connectivity index (χ0v) is 21.4. The fourth-order valence-corrected chi connectivity index (χ4v) is 5.00. The minimum absolute atomic E-state index is 0.124. The van der Waals surface area contributed by atoms with Gasteiger partial charge in [0.15, 0.2) is 6.10 Å². The molecule has 0 heterocycles. The number of carbonyl (C=O) groups excluding carboxylic acids is 2. The number of benzene rings is 4. The zero-order chi connectivity index (χ0) is 24.6. The van der Waals surface area contributed by atoms with Crippen molar-refractivity contribution in [2.24, 2.45) is 0 Å². The maximum absolute atomic E-state index is 12.3. The van der Waals surface area contributed by atoms with Gasteiger partial charge in [0.05, 0.1) is 6.61 Å². The topological polar surface area (TPSA) is 72.8 Å². The van der Waals surface area contributed by atoms with Crippen LogP contribution in [0.3, 0.4) is 0 Å². The van der Waals surface area contributed by atoms with E-state index >= 15 is 0 Å². The van der Waals surface area contributed by atoms with Crippen molar-refractivity contribution >= 4 is 60.2 Å². The lowest BCUT2D eigenvalue weighted by atomic mass is 9.90. The highest BCUT2D eigenvalue weighted by Crippen LogP contribution is 2.36. The number of rotatable bonds is 13. The number of aliphatic hydroxyl groups excluding tert-OH is 1. The van der Waals surface area contributed by atoms with Gasteiger partial charge in [-0.1, -0.05) is 76.9 Å². The fraction of sp³-hybridized carbons (Fsp3) is 0.379. The van der Waals surface area contributed by atoms with Crippen LogP contribution in [0.4, 0.5) is 0 Å². The Labute approximate surface area is 213 Å². The van der Waals surface area contributed by atoms with E-state index in [1.165, 1.54) is 37.9 Å². The average Bonchev–Trinajstić information content (AvgIpc) is 2.88. The third-order valence-electron chi connectivity index (χ3n) is 6.39. The number of aliphatic hydroxyl groups is 1. The van der Waals surface area contributed by atoms with Crippen molar-refractivity contribution in [3.05, 3.63) is 60.2 Å². The van der Waals surface area contributed by atoms with Gasteiger partial charge in [0.2, 0.25) is 0 Å². The van der Waals surface area contributed by atoms with Crippen molar-refractivity contribution in [1.82, 2.24) is 0 Å². The molecule has 0 saturated heterocycles. The SMILES string of the molecule is O=C(CCCc1ccc2ccc3cccc4ccc1c2c34)OC[C@H](CO)OC(=O)CCCCCBr. The first-order valence-electron chi connectivity index (χ1n) is 12.3. The van der Waals surface area contributed by atoms with Crippen LogP contribution in [-0.4, -0.2) is 41.7 Å². The summed E-state index contributed by atoms with van der Waals surface area (Å²) in [6.45, 7) is -0.496. The molecule has 0 saturated carbocycles. The molecule has 0 bridgehead atoms. The molecule has 184 valence electrons. The van der Waals surface area contributed by atoms with Gasteiger partial charge in [-0.15, -0.1) is 0 Å². The molecule has 0 radical (unpaired) electrons. The van der Waals surface area contributed by atoms with Crippen LogP contribution < -0.4 is 0 Å². The summed E-state index contributed by atoms with van der Waals surface area (Å²) < 4.78 is 10.5. The number of esters is 2. The Morgan fingerprint density at radius 1 is 0.800 bits per heavy atom. The van der Waals surface area contributed by atoms with E-state index in [9.17, 15) is 14.7 Å². The number of unbranched alkanes of at least 4 members (excludes halogenated alkanes) is 2. The molecule has 0 aliphatic rings. The van der Waals surface area contributed by atoms with Crippen molar-refractivity contribution in [2.45, 2.75) is 51.0 Å². The molecule has 35 heavy (non-hydrogen) atoms. The summed E-state index contributed by atoms with van der Waals surface area (Å²) in [5.74, 6) is -0.724. The quantitative estimate of drug-likeness (QED) is 0.0933. The summed E-state index contributed by atoms with van der Waals surface area (Å²) in [5, 5.41) is 17.9. The van der Waals surface area contributed by atoms with Crippen molar-refractivity contribution in [2.75, 3.05) is 18.5 Å². The van der Waals surface area contributed by atoms with E-state index < -0.39 is 6.10 Å². The predicted octanol–water partition coefficient (Wildman–Crippen LogP) is 6.31. The predicted molar refractivity (Wildman–Crippen MR) is 143 cm³/mol. The Balaban J connectivity index is 1.29. The van der Waals surface area contributed by atoms with E-state index in [-0.39, 0.29) is 31.6 Å². The van der Waals surface area contributed by atoms with Crippen molar-refractivity contribution in [1.29, 1.82) is 0 Å². The van der Waals surface area contributed by atoms with Crippen LogP contribution in [0.25, 0.3) is 32.3 Å². The standard InChI is InChI=1S/C29H31BrO5/c30-17-3-1-2-9-27(33)35-24(18-31)19-34-26(32)10-5-6-20-11-12-23-14-13-21-7-4-8-22-15-16-25(20)29(23)28(21)22/h4,7-8,11-16,24,31H,1-3,5-6,9-10,17-19H2/t24-/m0/s1. The summed E-state index contributed by atoms with van der Waals surface area (Å²) >= 11 is 3.36. The van der Waals surface area contributed by atoms with E-state index in [0.29, 0.717) is 12.8 Å². The van der Waals surface area contributed by atoms with Gasteiger partial charge < -0.3 is 14.6 Å². The number of carbonyl (C=O) groups is 2. The molecule has 0 spiro atoms. The van der Waals surface area contributed by atoms with Gasteiger partial charge >= 0.3 is 11.9 Å². The first kappa shape index (κ1) is 25.4. The summed E-state index contributed by atoms with van der Waals surface area (Å²) in [6.07, 6.45) is 3.84. The molecule has 4 aromatic rings. The van der Waals surface area contributed by atoms with Gasteiger partial charge in [0.1, 0.15) is 6.61 Å². The van der Waals surface area contributed by atoms with Crippen LogP contribution in [0.1, 0.15) is 44.1 Å². The molecule has 0 amide bonds. The van der Waals surface area contributed by atoms with Crippen LogP contribution in [-0.2, 0) is 25.5 Å². The minimum atomic E-state index is -0.819. The minimum Gasteiger partial charge on any atom is -0.462 e. The highest BCUT2D eigenvalue weighted by Gasteiger charge is 2.16. The van der Waals surface area contributed by atoms with Crippen molar-refractivity contribution in [3.63, 3.8) is 0 Å². The number of ether oxygens (including phenoxy) is 2. The van der Waals surface area contributed by atoms with Crippen molar-refractivity contribution in [3.8, 4) is 0 Å².